The first-order chi connectivity index (χ1) is 13.8. The predicted octanol–water partition coefficient (Wildman–Crippen LogP) is 3.05. The number of fused-ring (bicyclic) bond motifs is 5. The highest BCUT2D eigenvalue weighted by molar-refractivity contribution is 5.82. The maximum atomic E-state index is 13.1. The number of aliphatic hydroxyl groups excluding tert-OH is 1. The topological polar surface area (TPSA) is 85.1 Å². The molecule has 0 spiro atoms. The SMILES string of the molecule is C[C@]12CCC(=O)C[C@@H]1CC[C@@H]1[C@@H]2[C@@H](O)C[C@]2(C)[C@@H](C(=O)Cn3nccn3)CC[C@@H]12. The maximum Gasteiger partial charge on any atom is 0.159 e. The maximum absolute atomic E-state index is 13.1. The van der Waals surface area contributed by atoms with Crippen molar-refractivity contribution < 1.29 is 14.7 Å². The monoisotopic (exact) mass is 399 g/mol. The summed E-state index contributed by atoms with van der Waals surface area (Å²) in [7, 11) is 0. The van der Waals surface area contributed by atoms with Crippen molar-refractivity contribution in [3.8, 4) is 0 Å². The summed E-state index contributed by atoms with van der Waals surface area (Å²) >= 11 is 0. The van der Waals surface area contributed by atoms with Crippen LogP contribution in [-0.2, 0) is 16.1 Å². The van der Waals surface area contributed by atoms with Gasteiger partial charge in [0.15, 0.2) is 5.78 Å². The van der Waals surface area contributed by atoms with Crippen LogP contribution in [0.4, 0.5) is 0 Å². The first-order valence-electron chi connectivity index (χ1n) is 11.4. The number of ketones is 2. The number of Topliss-reactive ketones (excluding diaryl/α,β-unsaturated/α-hetero) is 2. The van der Waals surface area contributed by atoms with Crippen LogP contribution in [0, 0.1) is 40.4 Å². The molecule has 4 aliphatic rings. The molecule has 1 aromatic rings. The van der Waals surface area contributed by atoms with Gasteiger partial charge in [0, 0.05) is 18.8 Å². The van der Waals surface area contributed by atoms with Gasteiger partial charge in [0.1, 0.15) is 12.3 Å². The summed E-state index contributed by atoms with van der Waals surface area (Å²) in [6.07, 6.45) is 10.0. The third-order valence-corrected chi connectivity index (χ3v) is 9.56. The van der Waals surface area contributed by atoms with Crippen LogP contribution < -0.4 is 0 Å². The fraction of sp³-hybridized carbons (Fsp3) is 0.826. The summed E-state index contributed by atoms with van der Waals surface area (Å²) in [5, 5.41) is 19.6. The highest BCUT2D eigenvalue weighted by Gasteiger charge is 2.63. The van der Waals surface area contributed by atoms with Crippen molar-refractivity contribution in [2.24, 2.45) is 40.4 Å². The van der Waals surface area contributed by atoms with Gasteiger partial charge in [-0.05, 0) is 73.0 Å². The Kier molecular flexibility index (Phi) is 4.50. The summed E-state index contributed by atoms with van der Waals surface area (Å²) in [6.45, 7) is 4.82. The molecule has 5 rings (SSSR count). The fourth-order valence-electron chi connectivity index (χ4n) is 8.27. The molecule has 0 radical (unpaired) electrons. The second kappa shape index (κ2) is 6.73. The van der Waals surface area contributed by atoms with E-state index in [-0.39, 0.29) is 41.1 Å². The fourth-order valence-corrected chi connectivity index (χ4v) is 8.27. The lowest BCUT2D eigenvalue weighted by molar-refractivity contribution is -0.174. The zero-order valence-electron chi connectivity index (χ0n) is 17.6. The second-order valence-electron chi connectivity index (χ2n) is 10.8. The molecule has 4 aliphatic carbocycles. The van der Waals surface area contributed by atoms with E-state index < -0.39 is 0 Å². The average molecular weight is 400 g/mol. The molecule has 0 aliphatic heterocycles. The Bertz CT molecular complexity index is 808. The highest BCUT2D eigenvalue weighted by atomic mass is 16.3. The normalized spacial score (nSPS) is 46.7. The van der Waals surface area contributed by atoms with E-state index in [0.29, 0.717) is 42.8 Å². The number of aromatic nitrogens is 3. The van der Waals surface area contributed by atoms with E-state index in [1.165, 1.54) is 4.80 Å². The minimum Gasteiger partial charge on any atom is -0.393 e. The van der Waals surface area contributed by atoms with E-state index in [0.717, 1.165) is 32.1 Å². The summed E-state index contributed by atoms with van der Waals surface area (Å²) in [6, 6.07) is 0. The molecule has 6 heteroatoms. The third-order valence-electron chi connectivity index (χ3n) is 9.56. The van der Waals surface area contributed by atoms with Gasteiger partial charge in [-0.25, -0.2) is 0 Å². The molecule has 158 valence electrons. The number of aliphatic hydroxyl groups is 1. The summed E-state index contributed by atoms with van der Waals surface area (Å²) < 4.78 is 0. The van der Waals surface area contributed by atoms with Gasteiger partial charge in [0.05, 0.1) is 18.5 Å². The van der Waals surface area contributed by atoms with Gasteiger partial charge in [-0.3, -0.25) is 9.59 Å². The Balaban J connectivity index is 1.41. The lowest BCUT2D eigenvalue weighted by Gasteiger charge is -2.61. The largest absolute Gasteiger partial charge is 0.393 e. The number of nitrogens with zero attached hydrogens (tertiary/aromatic N) is 3. The van der Waals surface area contributed by atoms with Crippen molar-refractivity contribution in [2.45, 2.75) is 77.9 Å². The molecule has 29 heavy (non-hydrogen) atoms. The number of rotatable bonds is 3. The van der Waals surface area contributed by atoms with Crippen LogP contribution >= 0.6 is 0 Å². The van der Waals surface area contributed by atoms with E-state index >= 15 is 0 Å². The van der Waals surface area contributed by atoms with E-state index in [9.17, 15) is 14.7 Å². The lowest BCUT2D eigenvalue weighted by Crippen LogP contribution is -2.59. The standard InChI is InChI=1S/C23H33N3O3/c1-22-8-7-15(27)11-14(22)3-4-16-17-5-6-18(20(29)13-26-24-9-10-25-26)23(17,2)12-19(28)21(16)22/h9-10,14,16-19,21,28H,3-8,11-13H2,1-2H3/t14-,16-,17-,18+,19-,21+,22-,23-/m0/s1. The molecule has 0 bridgehead atoms. The van der Waals surface area contributed by atoms with Crippen molar-refractivity contribution in [1.29, 1.82) is 0 Å². The van der Waals surface area contributed by atoms with Crippen LogP contribution in [0.3, 0.4) is 0 Å². The Morgan fingerprint density at radius 1 is 1.17 bits per heavy atom. The summed E-state index contributed by atoms with van der Waals surface area (Å²) in [4.78, 5) is 26.7. The minimum absolute atomic E-state index is 0.0208. The van der Waals surface area contributed by atoms with E-state index in [1.54, 1.807) is 12.4 Å². The molecule has 4 saturated carbocycles. The lowest BCUT2D eigenvalue weighted by atomic mass is 9.44. The molecule has 1 aromatic heterocycles. The van der Waals surface area contributed by atoms with Gasteiger partial charge in [0.25, 0.3) is 0 Å². The van der Waals surface area contributed by atoms with Gasteiger partial charge in [-0.1, -0.05) is 13.8 Å². The quantitative estimate of drug-likeness (QED) is 0.844. The number of carbonyl (C=O) groups excluding carboxylic acids is 2. The predicted molar refractivity (Wildman–Crippen MR) is 107 cm³/mol. The van der Waals surface area contributed by atoms with Crippen molar-refractivity contribution in [3.05, 3.63) is 12.4 Å². The van der Waals surface area contributed by atoms with Crippen LogP contribution in [0.1, 0.15) is 65.2 Å². The second-order valence-corrected chi connectivity index (χ2v) is 10.8. The zero-order chi connectivity index (χ0) is 20.4. The minimum atomic E-state index is -0.376. The van der Waals surface area contributed by atoms with Gasteiger partial charge < -0.3 is 5.11 Å². The molecule has 0 amide bonds. The van der Waals surface area contributed by atoms with Crippen LogP contribution in [0.5, 0.6) is 0 Å². The first-order valence-corrected chi connectivity index (χ1v) is 11.4. The summed E-state index contributed by atoms with van der Waals surface area (Å²) in [5.41, 5.74) is -0.0723. The highest BCUT2D eigenvalue weighted by Crippen LogP contribution is 2.67. The van der Waals surface area contributed by atoms with Crippen LogP contribution in [0.2, 0.25) is 0 Å². The molecule has 1 N–H and O–H groups in total. The summed E-state index contributed by atoms with van der Waals surface area (Å²) in [5.74, 6) is 2.25. The smallest absolute Gasteiger partial charge is 0.159 e. The Morgan fingerprint density at radius 2 is 1.93 bits per heavy atom. The number of hydrogen-bond acceptors (Lipinski definition) is 5. The van der Waals surface area contributed by atoms with E-state index in [4.69, 9.17) is 0 Å². The molecule has 0 unspecified atom stereocenters. The average Bonchev–Trinajstić information content (AvgIpc) is 3.28. The van der Waals surface area contributed by atoms with Crippen LogP contribution in [0.15, 0.2) is 12.4 Å². The van der Waals surface area contributed by atoms with Crippen molar-refractivity contribution in [2.75, 3.05) is 0 Å². The first kappa shape index (κ1) is 19.4. The Hall–Kier alpha value is -1.56. The van der Waals surface area contributed by atoms with Crippen molar-refractivity contribution in [1.82, 2.24) is 15.0 Å². The number of carbonyl (C=O) groups is 2. The van der Waals surface area contributed by atoms with Gasteiger partial charge >= 0.3 is 0 Å². The zero-order valence-corrected chi connectivity index (χ0v) is 17.6. The molecule has 4 fully saturated rings. The molecule has 6 nitrogen and oxygen atoms in total. The molecule has 0 aromatic carbocycles. The molecular formula is C23H33N3O3. The molecule has 1 heterocycles. The van der Waals surface area contributed by atoms with Crippen LogP contribution in [0.25, 0.3) is 0 Å². The molecule has 8 atom stereocenters. The third kappa shape index (κ3) is 2.85. The van der Waals surface area contributed by atoms with Crippen LogP contribution in [-0.4, -0.2) is 37.8 Å². The van der Waals surface area contributed by atoms with Crippen molar-refractivity contribution in [3.63, 3.8) is 0 Å². The van der Waals surface area contributed by atoms with Gasteiger partial charge in [0.2, 0.25) is 0 Å². The van der Waals surface area contributed by atoms with Gasteiger partial charge in [-0.15, -0.1) is 0 Å². The Labute approximate surface area is 172 Å². The van der Waals surface area contributed by atoms with Crippen molar-refractivity contribution >= 4 is 11.6 Å². The molecular weight excluding hydrogens is 366 g/mol. The Morgan fingerprint density at radius 3 is 2.69 bits per heavy atom. The van der Waals surface area contributed by atoms with E-state index in [1.807, 2.05) is 0 Å². The van der Waals surface area contributed by atoms with E-state index in [2.05, 4.69) is 24.0 Å². The molecule has 0 saturated heterocycles. The number of hydrogen-bond donors (Lipinski definition) is 1. The van der Waals surface area contributed by atoms with Gasteiger partial charge in [-0.2, -0.15) is 15.0 Å².